The Balaban J connectivity index is 1.73. The number of hydrogen-bond donors (Lipinski definition) is 0. The van der Waals surface area contributed by atoms with E-state index in [1.165, 1.54) is 17.4 Å². The second-order valence-corrected chi connectivity index (χ2v) is 6.14. The first-order chi connectivity index (χ1) is 10.6. The van der Waals surface area contributed by atoms with Crippen molar-refractivity contribution in [2.45, 2.75) is 6.42 Å². The monoisotopic (exact) mass is 314 g/mol. The molecule has 0 unspecified atom stereocenters. The van der Waals surface area contributed by atoms with E-state index in [0.29, 0.717) is 23.2 Å². The Morgan fingerprint density at radius 1 is 1.27 bits per heavy atom. The summed E-state index contributed by atoms with van der Waals surface area (Å²) >= 11 is 1.32. The SMILES string of the molecule is CN(CCc1ccccn1)C(=O)c1cc2c(F)cccc2s1. The second-order valence-electron chi connectivity index (χ2n) is 5.06. The normalized spacial score (nSPS) is 10.8. The van der Waals surface area contributed by atoms with Crippen LogP contribution in [0, 0.1) is 5.82 Å². The van der Waals surface area contributed by atoms with Crippen molar-refractivity contribution in [3.05, 3.63) is 65.0 Å². The van der Waals surface area contributed by atoms with E-state index in [-0.39, 0.29) is 11.7 Å². The number of amides is 1. The van der Waals surface area contributed by atoms with Crippen molar-refractivity contribution in [3.8, 4) is 0 Å². The molecule has 3 aromatic rings. The lowest BCUT2D eigenvalue weighted by molar-refractivity contribution is 0.0801. The summed E-state index contributed by atoms with van der Waals surface area (Å²) in [6.07, 6.45) is 2.44. The van der Waals surface area contributed by atoms with E-state index in [0.717, 1.165) is 10.4 Å². The summed E-state index contributed by atoms with van der Waals surface area (Å²) in [6, 6.07) is 12.3. The molecule has 0 aliphatic carbocycles. The number of likely N-dealkylation sites (N-methyl/N-ethyl adjacent to an activating group) is 1. The minimum absolute atomic E-state index is 0.0865. The fraction of sp³-hybridized carbons (Fsp3) is 0.176. The molecule has 0 aliphatic rings. The average molecular weight is 314 g/mol. The van der Waals surface area contributed by atoms with Crippen LogP contribution in [-0.2, 0) is 6.42 Å². The molecular weight excluding hydrogens is 299 g/mol. The molecule has 0 spiro atoms. The maximum absolute atomic E-state index is 13.7. The van der Waals surface area contributed by atoms with Crippen LogP contribution in [0.3, 0.4) is 0 Å². The van der Waals surface area contributed by atoms with E-state index < -0.39 is 0 Å². The number of rotatable bonds is 4. The highest BCUT2D eigenvalue weighted by Crippen LogP contribution is 2.28. The van der Waals surface area contributed by atoms with E-state index in [1.54, 1.807) is 30.3 Å². The van der Waals surface area contributed by atoms with Gasteiger partial charge in [-0.1, -0.05) is 12.1 Å². The van der Waals surface area contributed by atoms with Gasteiger partial charge in [-0.25, -0.2) is 4.39 Å². The first kappa shape index (κ1) is 14.7. The van der Waals surface area contributed by atoms with E-state index in [9.17, 15) is 9.18 Å². The fourth-order valence-electron chi connectivity index (χ4n) is 2.25. The van der Waals surface area contributed by atoms with Gasteiger partial charge in [-0.3, -0.25) is 9.78 Å². The molecule has 3 nitrogen and oxygen atoms in total. The summed E-state index contributed by atoms with van der Waals surface area (Å²) in [5, 5.41) is 0.508. The van der Waals surface area contributed by atoms with Crippen LogP contribution in [0.5, 0.6) is 0 Å². The van der Waals surface area contributed by atoms with Gasteiger partial charge in [-0.15, -0.1) is 11.3 Å². The van der Waals surface area contributed by atoms with Gasteiger partial charge in [0, 0.05) is 42.0 Å². The van der Waals surface area contributed by atoms with E-state index in [1.807, 2.05) is 24.3 Å². The van der Waals surface area contributed by atoms with E-state index >= 15 is 0 Å². The third kappa shape index (κ3) is 2.99. The minimum atomic E-state index is -0.288. The molecule has 0 atom stereocenters. The van der Waals surface area contributed by atoms with Gasteiger partial charge >= 0.3 is 0 Å². The standard InChI is InChI=1S/C17H15FN2OS/c1-20(10-8-12-5-2-3-9-19-12)17(21)16-11-13-14(18)6-4-7-15(13)22-16/h2-7,9,11H,8,10H2,1H3. The van der Waals surface area contributed by atoms with Crippen LogP contribution in [0.1, 0.15) is 15.4 Å². The molecule has 0 bridgehead atoms. The molecule has 0 aliphatic heterocycles. The molecule has 1 aromatic carbocycles. The second kappa shape index (κ2) is 6.23. The summed E-state index contributed by atoms with van der Waals surface area (Å²) in [4.78, 5) is 18.9. The van der Waals surface area contributed by atoms with Crippen LogP contribution in [0.25, 0.3) is 10.1 Å². The number of hydrogen-bond acceptors (Lipinski definition) is 3. The maximum Gasteiger partial charge on any atom is 0.263 e. The molecule has 0 radical (unpaired) electrons. The third-order valence-electron chi connectivity index (χ3n) is 3.50. The van der Waals surface area contributed by atoms with Crippen LogP contribution in [0.4, 0.5) is 4.39 Å². The Labute approximate surface area is 132 Å². The molecule has 0 fully saturated rings. The van der Waals surface area contributed by atoms with Crippen molar-refractivity contribution in [1.29, 1.82) is 0 Å². The molecule has 1 amide bonds. The van der Waals surface area contributed by atoms with Gasteiger partial charge in [0.15, 0.2) is 0 Å². The lowest BCUT2D eigenvalue weighted by atomic mass is 10.2. The molecule has 0 saturated carbocycles. The van der Waals surface area contributed by atoms with Crippen molar-refractivity contribution >= 4 is 27.3 Å². The highest BCUT2D eigenvalue weighted by atomic mass is 32.1. The highest BCUT2D eigenvalue weighted by molar-refractivity contribution is 7.20. The van der Waals surface area contributed by atoms with Gasteiger partial charge in [0.2, 0.25) is 0 Å². The van der Waals surface area contributed by atoms with Crippen LogP contribution < -0.4 is 0 Å². The lowest BCUT2D eigenvalue weighted by Gasteiger charge is -2.15. The van der Waals surface area contributed by atoms with Crippen LogP contribution in [-0.4, -0.2) is 29.4 Å². The zero-order valence-electron chi connectivity index (χ0n) is 12.1. The first-order valence-electron chi connectivity index (χ1n) is 6.98. The number of benzene rings is 1. The Morgan fingerprint density at radius 3 is 2.86 bits per heavy atom. The number of carbonyl (C=O) groups excluding carboxylic acids is 1. The Bertz CT molecular complexity index is 801. The lowest BCUT2D eigenvalue weighted by Crippen LogP contribution is -2.28. The predicted molar refractivity (Wildman–Crippen MR) is 86.7 cm³/mol. The van der Waals surface area contributed by atoms with Gasteiger partial charge in [0.25, 0.3) is 5.91 Å². The van der Waals surface area contributed by atoms with Crippen molar-refractivity contribution in [2.24, 2.45) is 0 Å². The van der Waals surface area contributed by atoms with Crippen LogP contribution in [0.15, 0.2) is 48.7 Å². The summed E-state index contributed by atoms with van der Waals surface area (Å²) in [7, 11) is 1.76. The molecular formula is C17H15FN2OS. The summed E-state index contributed by atoms with van der Waals surface area (Å²) in [6.45, 7) is 0.576. The van der Waals surface area contributed by atoms with Crippen LogP contribution >= 0.6 is 11.3 Å². The molecule has 5 heteroatoms. The number of carbonyl (C=O) groups is 1. The van der Waals surface area contributed by atoms with Gasteiger partial charge in [-0.2, -0.15) is 0 Å². The van der Waals surface area contributed by atoms with Crippen molar-refractivity contribution in [3.63, 3.8) is 0 Å². The number of thiophene rings is 1. The van der Waals surface area contributed by atoms with Gasteiger partial charge in [-0.05, 0) is 30.3 Å². The fourth-order valence-corrected chi connectivity index (χ4v) is 3.32. The summed E-state index contributed by atoms with van der Waals surface area (Å²) in [5.41, 5.74) is 0.949. The number of pyridine rings is 1. The topological polar surface area (TPSA) is 33.2 Å². The number of nitrogens with zero attached hydrogens (tertiary/aromatic N) is 2. The molecule has 2 heterocycles. The highest BCUT2D eigenvalue weighted by Gasteiger charge is 2.16. The zero-order valence-corrected chi connectivity index (χ0v) is 12.9. The van der Waals surface area contributed by atoms with Gasteiger partial charge in [0.1, 0.15) is 5.82 Å². The molecule has 0 saturated heterocycles. The van der Waals surface area contributed by atoms with E-state index in [2.05, 4.69) is 4.98 Å². The van der Waals surface area contributed by atoms with Crippen LogP contribution in [0.2, 0.25) is 0 Å². The average Bonchev–Trinajstić information content (AvgIpc) is 2.98. The molecule has 0 N–H and O–H groups in total. The third-order valence-corrected chi connectivity index (χ3v) is 4.58. The zero-order chi connectivity index (χ0) is 15.5. The molecule has 3 rings (SSSR count). The first-order valence-corrected chi connectivity index (χ1v) is 7.80. The number of aromatic nitrogens is 1. The van der Waals surface area contributed by atoms with Crippen molar-refractivity contribution in [2.75, 3.05) is 13.6 Å². The van der Waals surface area contributed by atoms with Crippen molar-refractivity contribution < 1.29 is 9.18 Å². The Kier molecular flexibility index (Phi) is 4.15. The summed E-state index contributed by atoms with van der Waals surface area (Å²) < 4.78 is 14.5. The largest absolute Gasteiger partial charge is 0.341 e. The molecule has 2 aromatic heterocycles. The minimum Gasteiger partial charge on any atom is -0.341 e. The quantitative estimate of drug-likeness (QED) is 0.735. The number of fused-ring (bicyclic) bond motifs is 1. The maximum atomic E-state index is 13.7. The van der Waals surface area contributed by atoms with Gasteiger partial charge in [0.05, 0.1) is 4.88 Å². The van der Waals surface area contributed by atoms with E-state index in [4.69, 9.17) is 0 Å². The predicted octanol–water partition coefficient (Wildman–Crippen LogP) is 3.75. The summed E-state index contributed by atoms with van der Waals surface area (Å²) in [5.74, 6) is -0.375. The molecule has 112 valence electrons. The number of halogens is 1. The Hall–Kier alpha value is -2.27. The Morgan fingerprint density at radius 2 is 2.14 bits per heavy atom. The van der Waals surface area contributed by atoms with Crippen molar-refractivity contribution in [1.82, 2.24) is 9.88 Å². The van der Waals surface area contributed by atoms with Gasteiger partial charge < -0.3 is 4.90 Å². The smallest absolute Gasteiger partial charge is 0.263 e. The molecule has 22 heavy (non-hydrogen) atoms.